The molecule has 3 aromatic rings. The highest BCUT2D eigenvalue weighted by Gasteiger charge is 2.39. The van der Waals surface area contributed by atoms with Crippen molar-refractivity contribution in [3.63, 3.8) is 0 Å². The van der Waals surface area contributed by atoms with Crippen LogP contribution in [-0.4, -0.2) is 43.7 Å². The molecular weight excluding hydrogens is 508 g/mol. The third-order valence-electron chi connectivity index (χ3n) is 6.80. The lowest BCUT2D eigenvalue weighted by atomic mass is 9.95. The lowest BCUT2D eigenvalue weighted by molar-refractivity contribution is 0.0967. The molecule has 2 fully saturated rings. The van der Waals surface area contributed by atoms with E-state index in [4.69, 9.17) is 11.6 Å². The number of hydrogen-bond acceptors (Lipinski definition) is 7. The van der Waals surface area contributed by atoms with Gasteiger partial charge in [0.15, 0.2) is 15.0 Å². The highest BCUT2D eigenvalue weighted by atomic mass is 35.5. The molecule has 1 heterocycles. The van der Waals surface area contributed by atoms with Gasteiger partial charge in [-0.05, 0) is 61.4 Å². The number of sulfone groups is 1. The summed E-state index contributed by atoms with van der Waals surface area (Å²) in [7, 11) is -3.46. The number of benzene rings is 2. The minimum absolute atomic E-state index is 0.0306. The molecular formula is C24H25ClN4O4S2. The number of nitrogens with zero attached hydrogens (tertiary/aromatic N) is 1. The second-order valence-corrected chi connectivity index (χ2v) is 12.6. The zero-order valence-corrected chi connectivity index (χ0v) is 21.2. The Morgan fingerprint density at radius 2 is 1.94 bits per heavy atom. The molecule has 0 saturated heterocycles. The molecule has 2 bridgehead atoms. The van der Waals surface area contributed by atoms with Gasteiger partial charge < -0.3 is 5.32 Å². The Balaban J connectivity index is 1.20. The molecule has 11 heteroatoms. The maximum Gasteiger partial charge on any atom is 0.327 e. The molecule has 3 amide bonds. The van der Waals surface area contributed by atoms with Crippen LogP contribution in [0.2, 0.25) is 5.02 Å². The van der Waals surface area contributed by atoms with Gasteiger partial charge in [-0.2, -0.15) is 0 Å². The highest BCUT2D eigenvalue weighted by molar-refractivity contribution is 7.91. The summed E-state index contributed by atoms with van der Waals surface area (Å²) in [6, 6.07) is 10.8. The van der Waals surface area contributed by atoms with Crippen LogP contribution in [0.3, 0.4) is 0 Å². The molecule has 3 N–H and O–H groups in total. The maximum atomic E-state index is 12.9. The van der Waals surface area contributed by atoms with Gasteiger partial charge in [-0.1, -0.05) is 41.5 Å². The fourth-order valence-corrected chi connectivity index (χ4v) is 7.48. The highest BCUT2D eigenvalue weighted by Crippen LogP contribution is 2.44. The van der Waals surface area contributed by atoms with Crippen molar-refractivity contribution >= 4 is 60.1 Å². The Kier molecular flexibility index (Phi) is 6.80. The number of halogens is 1. The predicted octanol–water partition coefficient (Wildman–Crippen LogP) is 4.46. The quantitative estimate of drug-likeness (QED) is 0.413. The van der Waals surface area contributed by atoms with Crippen LogP contribution in [0.25, 0.3) is 10.2 Å². The number of imide groups is 1. The third-order valence-corrected chi connectivity index (χ3v) is 9.78. The first-order valence-electron chi connectivity index (χ1n) is 11.5. The van der Waals surface area contributed by atoms with Gasteiger partial charge in [-0.3, -0.25) is 15.4 Å². The third kappa shape index (κ3) is 5.35. The fourth-order valence-electron chi connectivity index (χ4n) is 5.09. The van der Waals surface area contributed by atoms with E-state index in [1.54, 1.807) is 36.4 Å². The molecule has 1 aromatic heterocycles. The van der Waals surface area contributed by atoms with E-state index in [0.29, 0.717) is 28.7 Å². The van der Waals surface area contributed by atoms with E-state index in [1.807, 2.05) is 0 Å². The Bertz CT molecular complexity index is 1390. The first kappa shape index (κ1) is 24.2. The zero-order chi connectivity index (χ0) is 24.6. The standard InChI is InChI=1S/C24H25ClN4O4S2/c25-18-4-2-1-3-17(18)22(30)28-23(31)29-24-27-19-8-7-16(13-21(19)34-24)35(32,33)10-9-26-20-12-14-5-6-15(20)11-14/h1-4,7-8,13-15,20,26H,5-6,9-12H2,(H2,27,28,29,30,31). The Morgan fingerprint density at radius 1 is 1.11 bits per heavy atom. The van der Waals surface area contributed by atoms with Crippen LogP contribution in [0.4, 0.5) is 9.93 Å². The molecule has 2 aliphatic rings. The van der Waals surface area contributed by atoms with Crippen molar-refractivity contribution in [2.24, 2.45) is 11.8 Å². The molecule has 35 heavy (non-hydrogen) atoms. The summed E-state index contributed by atoms with van der Waals surface area (Å²) in [6.45, 7) is 0.434. The second-order valence-electron chi connectivity index (χ2n) is 9.09. The van der Waals surface area contributed by atoms with Crippen molar-refractivity contribution < 1.29 is 18.0 Å². The first-order chi connectivity index (χ1) is 16.8. The predicted molar refractivity (Wildman–Crippen MR) is 137 cm³/mol. The van der Waals surface area contributed by atoms with Crippen molar-refractivity contribution in [3.05, 3.63) is 53.1 Å². The minimum atomic E-state index is -3.46. The van der Waals surface area contributed by atoms with Crippen LogP contribution in [0.5, 0.6) is 0 Å². The van der Waals surface area contributed by atoms with E-state index in [9.17, 15) is 18.0 Å². The van der Waals surface area contributed by atoms with Gasteiger partial charge in [0, 0.05) is 12.6 Å². The zero-order valence-electron chi connectivity index (χ0n) is 18.8. The van der Waals surface area contributed by atoms with E-state index >= 15 is 0 Å². The SMILES string of the molecule is O=C(NC(=O)c1ccccc1Cl)Nc1nc2ccc(S(=O)(=O)CCNC3CC4CCC3C4)cc2s1. The summed E-state index contributed by atoms with van der Waals surface area (Å²) >= 11 is 7.13. The van der Waals surface area contributed by atoms with Gasteiger partial charge in [0.2, 0.25) is 0 Å². The van der Waals surface area contributed by atoms with E-state index < -0.39 is 21.8 Å². The average molecular weight is 533 g/mol. The average Bonchev–Trinajstić information content (AvgIpc) is 3.54. The number of amides is 3. The number of anilines is 1. The van der Waals surface area contributed by atoms with Crippen molar-refractivity contribution in [2.75, 3.05) is 17.6 Å². The van der Waals surface area contributed by atoms with Gasteiger partial charge in [-0.25, -0.2) is 18.2 Å². The van der Waals surface area contributed by atoms with Crippen molar-refractivity contribution in [1.82, 2.24) is 15.6 Å². The number of thiazole rings is 1. The number of nitrogens with one attached hydrogen (secondary N) is 3. The molecule has 0 aliphatic heterocycles. The number of rotatable bonds is 7. The Labute approximate surface area is 212 Å². The topological polar surface area (TPSA) is 117 Å². The monoisotopic (exact) mass is 532 g/mol. The minimum Gasteiger partial charge on any atom is -0.313 e. The molecule has 2 saturated carbocycles. The Morgan fingerprint density at radius 3 is 2.69 bits per heavy atom. The molecule has 2 aromatic carbocycles. The number of carbonyl (C=O) groups is 2. The van der Waals surface area contributed by atoms with Gasteiger partial charge in [0.1, 0.15) is 0 Å². The van der Waals surface area contributed by atoms with Gasteiger partial charge >= 0.3 is 6.03 Å². The van der Waals surface area contributed by atoms with E-state index in [0.717, 1.165) is 23.7 Å². The van der Waals surface area contributed by atoms with Crippen LogP contribution >= 0.6 is 22.9 Å². The number of hydrogen-bond donors (Lipinski definition) is 3. The molecule has 0 radical (unpaired) electrons. The smallest absolute Gasteiger partial charge is 0.313 e. The second kappa shape index (κ2) is 9.85. The number of carbonyl (C=O) groups excluding carboxylic acids is 2. The van der Waals surface area contributed by atoms with Gasteiger partial charge in [-0.15, -0.1) is 0 Å². The molecule has 0 spiro atoms. The lowest BCUT2D eigenvalue weighted by Crippen LogP contribution is -2.36. The molecule has 3 unspecified atom stereocenters. The van der Waals surface area contributed by atoms with Crippen LogP contribution in [0, 0.1) is 11.8 Å². The van der Waals surface area contributed by atoms with E-state index in [1.165, 1.54) is 25.3 Å². The normalized spacial score (nSPS) is 21.3. The largest absolute Gasteiger partial charge is 0.327 e. The van der Waals surface area contributed by atoms with E-state index in [2.05, 4.69) is 20.9 Å². The lowest BCUT2D eigenvalue weighted by Gasteiger charge is -2.22. The van der Waals surface area contributed by atoms with Crippen molar-refractivity contribution in [2.45, 2.75) is 36.6 Å². The van der Waals surface area contributed by atoms with Gasteiger partial charge in [0.05, 0.1) is 31.5 Å². The van der Waals surface area contributed by atoms with Crippen molar-refractivity contribution in [3.8, 4) is 0 Å². The summed E-state index contributed by atoms with van der Waals surface area (Å²) in [5.41, 5.74) is 0.736. The van der Waals surface area contributed by atoms with Crippen LogP contribution in [0.15, 0.2) is 47.4 Å². The molecule has 184 valence electrons. The summed E-state index contributed by atoms with van der Waals surface area (Å²) in [6.07, 6.45) is 4.99. The molecule has 5 rings (SSSR count). The van der Waals surface area contributed by atoms with Crippen LogP contribution < -0.4 is 16.0 Å². The number of aromatic nitrogens is 1. The molecule has 2 aliphatic carbocycles. The summed E-state index contributed by atoms with van der Waals surface area (Å²) in [5, 5.41) is 8.67. The van der Waals surface area contributed by atoms with E-state index in [-0.39, 0.29) is 26.4 Å². The van der Waals surface area contributed by atoms with Gasteiger partial charge in [0.25, 0.3) is 5.91 Å². The summed E-state index contributed by atoms with van der Waals surface area (Å²) in [5.74, 6) is 0.894. The number of urea groups is 1. The number of fused-ring (bicyclic) bond motifs is 3. The summed E-state index contributed by atoms with van der Waals surface area (Å²) < 4.78 is 26.4. The fraction of sp³-hybridized carbons (Fsp3) is 0.375. The Hall–Kier alpha value is -2.53. The first-order valence-corrected chi connectivity index (χ1v) is 14.4. The maximum absolute atomic E-state index is 12.9. The van der Waals surface area contributed by atoms with Crippen LogP contribution in [0.1, 0.15) is 36.0 Å². The van der Waals surface area contributed by atoms with Crippen molar-refractivity contribution in [1.29, 1.82) is 0 Å². The molecule has 8 nitrogen and oxygen atoms in total. The molecule has 3 atom stereocenters. The van der Waals surface area contributed by atoms with Crippen LogP contribution in [-0.2, 0) is 9.84 Å². The summed E-state index contributed by atoms with van der Waals surface area (Å²) in [4.78, 5) is 29.1.